The maximum Gasteiger partial charge on any atom is 0.306 e. The Morgan fingerprint density at radius 1 is 0.259 bits per heavy atom. The smallest absolute Gasteiger partial charge is 0.306 e. The molecule has 0 radical (unpaired) electrons. The van der Waals surface area contributed by atoms with E-state index in [2.05, 4.69) is 142 Å². The Bertz CT molecular complexity index is 1670. The van der Waals surface area contributed by atoms with Crippen molar-refractivity contribution in [1.29, 1.82) is 0 Å². The predicted molar refractivity (Wildman–Crippen MR) is 353 cm³/mol. The van der Waals surface area contributed by atoms with Crippen LogP contribution in [-0.4, -0.2) is 37.2 Å². The van der Waals surface area contributed by atoms with Gasteiger partial charge >= 0.3 is 17.9 Å². The van der Waals surface area contributed by atoms with Gasteiger partial charge in [0.25, 0.3) is 0 Å². The molecule has 0 aromatic heterocycles. The van der Waals surface area contributed by atoms with E-state index < -0.39 is 6.10 Å². The predicted octanol–water partition coefficient (Wildman–Crippen LogP) is 23.6. The molecular formula is C75H126O6. The zero-order valence-electron chi connectivity index (χ0n) is 53.0. The minimum atomic E-state index is -0.791. The summed E-state index contributed by atoms with van der Waals surface area (Å²) < 4.78 is 16.9. The number of hydrogen-bond donors (Lipinski definition) is 0. The molecule has 0 rings (SSSR count). The highest BCUT2D eigenvalue weighted by atomic mass is 16.6. The zero-order chi connectivity index (χ0) is 58.5. The van der Waals surface area contributed by atoms with Crippen LogP contribution in [0.2, 0.25) is 0 Å². The fraction of sp³-hybridized carbons (Fsp3) is 0.693. The van der Waals surface area contributed by atoms with E-state index >= 15 is 0 Å². The summed E-state index contributed by atoms with van der Waals surface area (Å²) in [5.74, 6) is -0.908. The van der Waals surface area contributed by atoms with E-state index in [-0.39, 0.29) is 31.1 Å². The monoisotopic (exact) mass is 1120 g/mol. The first-order valence-corrected chi connectivity index (χ1v) is 34.0. The molecule has 0 aliphatic rings. The SMILES string of the molecule is CC/C=C\C/C=C\C/C=C\C/C=C\C/C=C\C/C=C\C/C=C\C/C=C\C/C=C\CCCCCCCC(=O)OCC(COC(=O)CCCCCCC/C=C\CCC)OC(=O)CCCCCCCCCCCCCCCCCCCCCC. The highest BCUT2D eigenvalue weighted by molar-refractivity contribution is 5.71. The largest absolute Gasteiger partial charge is 0.462 e. The molecule has 0 aromatic carbocycles. The summed E-state index contributed by atoms with van der Waals surface area (Å²) in [5.41, 5.74) is 0. The van der Waals surface area contributed by atoms with Crippen molar-refractivity contribution >= 4 is 17.9 Å². The molecule has 0 N–H and O–H groups in total. The van der Waals surface area contributed by atoms with Gasteiger partial charge in [0.1, 0.15) is 13.2 Å². The lowest BCUT2D eigenvalue weighted by Crippen LogP contribution is -2.30. The maximum absolute atomic E-state index is 12.9. The third-order valence-corrected chi connectivity index (χ3v) is 14.4. The van der Waals surface area contributed by atoms with Crippen molar-refractivity contribution in [2.45, 2.75) is 322 Å². The van der Waals surface area contributed by atoms with Gasteiger partial charge in [0.2, 0.25) is 0 Å². The Morgan fingerprint density at radius 2 is 0.506 bits per heavy atom. The summed E-state index contributed by atoms with van der Waals surface area (Å²) in [7, 11) is 0. The second kappa shape index (κ2) is 68.3. The lowest BCUT2D eigenvalue weighted by atomic mass is 10.0. The summed E-state index contributed by atoms with van der Waals surface area (Å²) in [6.45, 7) is 6.47. The maximum atomic E-state index is 12.9. The molecule has 1 unspecified atom stereocenters. The molecule has 6 nitrogen and oxygen atoms in total. The summed E-state index contributed by atoms with van der Waals surface area (Å²) in [5, 5.41) is 0. The van der Waals surface area contributed by atoms with Crippen molar-refractivity contribution in [3.8, 4) is 0 Å². The topological polar surface area (TPSA) is 78.9 Å². The third kappa shape index (κ3) is 66.5. The van der Waals surface area contributed by atoms with Crippen LogP contribution < -0.4 is 0 Å². The van der Waals surface area contributed by atoms with Crippen molar-refractivity contribution < 1.29 is 28.6 Å². The molecule has 0 aromatic rings. The summed E-state index contributed by atoms with van der Waals surface area (Å²) in [6, 6.07) is 0. The number of carbonyl (C=O) groups is 3. The second-order valence-electron chi connectivity index (χ2n) is 22.4. The van der Waals surface area contributed by atoms with Gasteiger partial charge in [0.05, 0.1) is 0 Å². The first-order chi connectivity index (χ1) is 40.0. The quantitative estimate of drug-likeness (QED) is 0.0261. The Balaban J connectivity index is 4.26. The molecule has 0 saturated heterocycles. The number of carbonyl (C=O) groups excluding carboxylic acids is 3. The number of allylic oxidation sites excluding steroid dienone is 20. The average molecular weight is 1120 g/mol. The van der Waals surface area contributed by atoms with E-state index in [0.29, 0.717) is 19.3 Å². The van der Waals surface area contributed by atoms with E-state index in [1.807, 2.05) is 0 Å². The molecule has 0 heterocycles. The van der Waals surface area contributed by atoms with Crippen LogP contribution in [0.15, 0.2) is 122 Å². The van der Waals surface area contributed by atoms with E-state index in [0.717, 1.165) is 154 Å². The molecule has 81 heavy (non-hydrogen) atoms. The van der Waals surface area contributed by atoms with Crippen molar-refractivity contribution in [3.63, 3.8) is 0 Å². The minimum absolute atomic E-state index is 0.0877. The highest BCUT2D eigenvalue weighted by Crippen LogP contribution is 2.17. The van der Waals surface area contributed by atoms with Crippen LogP contribution in [0.1, 0.15) is 316 Å². The van der Waals surface area contributed by atoms with Crippen LogP contribution in [0.25, 0.3) is 0 Å². The Morgan fingerprint density at radius 3 is 0.815 bits per heavy atom. The van der Waals surface area contributed by atoms with Gasteiger partial charge in [0, 0.05) is 19.3 Å². The summed E-state index contributed by atoms with van der Waals surface area (Å²) in [6.07, 6.45) is 95.1. The van der Waals surface area contributed by atoms with Crippen LogP contribution in [-0.2, 0) is 28.6 Å². The van der Waals surface area contributed by atoms with Gasteiger partial charge in [-0.15, -0.1) is 0 Å². The molecular weight excluding hydrogens is 997 g/mol. The summed E-state index contributed by atoms with van der Waals surface area (Å²) >= 11 is 0. The highest BCUT2D eigenvalue weighted by Gasteiger charge is 2.19. The van der Waals surface area contributed by atoms with Gasteiger partial charge in [-0.1, -0.05) is 309 Å². The number of hydrogen-bond acceptors (Lipinski definition) is 6. The Labute approximate surface area is 501 Å². The molecule has 0 spiro atoms. The second-order valence-corrected chi connectivity index (χ2v) is 22.4. The van der Waals surface area contributed by atoms with Crippen LogP contribution in [0.4, 0.5) is 0 Å². The fourth-order valence-electron chi connectivity index (χ4n) is 9.38. The fourth-order valence-corrected chi connectivity index (χ4v) is 9.38. The molecule has 6 heteroatoms. The molecule has 1 atom stereocenters. The molecule has 0 bridgehead atoms. The van der Waals surface area contributed by atoms with Crippen molar-refractivity contribution in [2.24, 2.45) is 0 Å². The zero-order valence-corrected chi connectivity index (χ0v) is 53.0. The lowest BCUT2D eigenvalue weighted by Gasteiger charge is -2.18. The van der Waals surface area contributed by atoms with Crippen LogP contribution >= 0.6 is 0 Å². The molecule has 0 aliphatic carbocycles. The van der Waals surface area contributed by atoms with Gasteiger partial charge in [-0.3, -0.25) is 14.4 Å². The van der Waals surface area contributed by atoms with Crippen LogP contribution in [0.3, 0.4) is 0 Å². The van der Waals surface area contributed by atoms with Gasteiger partial charge < -0.3 is 14.2 Å². The average Bonchev–Trinajstić information content (AvgIpc) is 3.47. The number of ether oxygens (including phenoxy) is 3. The minimum Gasteiger partial charge on any atom is -0.462 e. The van der Waals surface area contributed by atoms with Gasteiger partial charge in [0.15, 0.2) is 6.10 Å². The first-order valence-electron chi connectivity index (χ1n) is 34.0. The normalized spacial score (nSPS) is 12.9. The Kier molecular flexibility index (Phi) is 64.8. The van der Waals surface area contributed by atoms with Gasteiger partial charge in [-0.25, -0.2) is 0 Å². The number of rotatable bonds is 61. The molecule has 0 amide bonds. The first kappa shape index (κ1) is 76.8. The van der Waals surface area contributed by atoms with Crippen molar-refractivity contribution in [3.05, 3.63) is 122 Å². The van der Waals surface area contributed by atoms with Crippen LogP contribution in [0, 0.1) is 0 Å². The standard InChI is InChI=1S/C75H126O6/c1-4-7-10-13-16-19-22-24-26-28-30-32-33-34-35-36-37-38-39-40-41-42-43-44-46-47-49-51-53-56-59-62-65-68-74(77)80-71-72(70-79-73(76)67-64-61-58-55-21-18-15-12-9-6-3)81-75(78)69-66-63-60-57-54-52-50-48-45-31-29-27-25-23-20-17-14-11-8-5-2/h7,10,12,15-16,19,24,26,30,32,34-35,37-38,40-41,43-44,47,49,72H,4-6,8-9,11,13-14,17-18,20-23,25,27-29,31,33,36,39,42,45-46,48,50-71H2,1-3H3/b10-7-,15-12-,19-16-,26-24-,32-30-,35-34-,38-37-,41-40-,44-43-,49-47-. The number of esters is 3. The Hall–Kier alpha value is -4.19. The molecule has 0 saturated carbocycles. The van der Waals surface area contributed by atoms with E-state index in [1.54, 1.807) is 0 Å². The third-order valence-electron chi connectivity index (χ3n) is 14.4. The lowest BCUT2D eigenvalue weighted by molar-refractivity contribution is -0.167. The van der Waals surface area contributed by atoms with E-state index in [9.17, 15) is 14.4 Å². The van der Waals surface area contributed by atoms with Gasteiger partial charge in [-0.2, -0.15) is 0 Å². The van der Waals surface area contributed by atoms with Gasteiger partial charge in [-0.05, 0) is 109 Å². The van der Waals surface area contributed by atoms with Crippen molar-refractivity contribution in [2.75, 3.05) is 13.2 Å². The molecule has 462 valence electrons. The number of unbranched alkanes of at least 4 members (excludes halogenated alkanes) is 30. The molecule has 0 fully saturated rings. The van der Waals surface area contributed by atoms with E-state index in [4.69, 9.17) is 14.2 Å². The summed E-state index contributed by atoms with van der Waals surface area (Å²) in [4.78, 5) is 38.3. The van der Waals surface area contributed by atoms with E-state index in [1.165, 1.54) is 122 Å². The van der Waals surface area contributed by atoms with Crippen LogP contribution in [0.5, 0.6) is 0 Å². The molecule has 0 aliphatic heterocycles. The van der Waals surface area contributed by atoms with Crippen molar-refractivity contribution in [1.82, 2.24) is 0 Å².